The summed E-state index contributed by atoms with van der Waals surface area (Å²) in [5.41, 5.74) is 3.18. The first kappa shape index (κ1) is 19.3. The molecule has 0 saturated carbocycles. The Balaban J connectivity index is 1.70. The molecule has 0 aliphatic rings. The molecule has 3 rings (SSSR count). The van der Waals surface area contributed by atoms with Crippen molar-refractivity contribution in [2.45, 2.75) is 19.8 Å². The number of hydrazone groups is 1. The van der Waals surface area contributed by atoms with Crippen molar-refractivity contribution in [3.05, 3.63) is 70.1 Å². The van der Waals surface area contributed by atoms with Crippen LogP contribution in [0, 0.1) is 0 Å². The van der Waals surface area contributed by atoms with E-state index in [-0.39, 0.29) is 11.3 Å². The van der Waals surface area contributed by atoms with E-state index >= 15 is 0 Å². The van der Waals surface area contributed by atoms with Crippen molar-refractivity contribution in [3.63, 3.8) is 0 Å². The Kier molecular flexibility index (Phi) is 6.16. The van der Waals surface area contributed by atoms with Crippen molar-refractivity contribution in [2.75, 3.05) is 6.61 Å². The number of fused-ring (bicyclic) bond motifs is 1. The van der Waals surface area contributed by atoms with Crippen LogP contribution in [0.15, 0.2) is 58.4 Å². The number of hydrogen-bond acceptors (Lipinski definition) is 5. The Morgan fingerprint density at radius 3 is 2.61 bits per heavy atom. The first-order valence-corrected chi connectivity index (χ1v) is 9.12. The average Bonchev–Trinajstić information content (AvgIpc) is 2.72. The highest BCUT2D eigenvalue weighted by atomic mass is 16.5. The van der Waals surface area contributed by atoms with E-state index in [4.69, 9.17) is 4.74 Å². The molecule has 0 radical (unpaired) electrons. The maximum absolute atomic E-state index is 12.5. The summed E-state index contributed by atoms with van der Waals surface area (Å²) in [7, 11) is 1.51. The predicted octanol–water partition coefficient (Wildman–Crippen LogP) is 2.88. The highest BCUT2D eigenvalue weighted by molar-refractivity contribution is 6.04. The lowest BCUT2D eigenvalue weighted by Crippen LogP contribution is -2.27. The molecule has 7 nitrogen and oxygen atoms in total. The van der Waals surface area contributed by atoms with Crippen LogP contribution in [0.1, 0.15) is 35.8 Å². The Labute approximate surface area is 162 Å². The third kappa shape index (κ3) is 4.43. The Hall–Kier alpha value is -3.48. The third-order valence-electron chi connectivity index (χ3n) is 4.20. The van der Waals surface area contributed by atoms with E-state index < -0.39 is 5.91 Å². The molecule has 1 N–H and O–H groups in total. The molecule has 1 amide bonds. The van der Waals surface area contributed by atoms with E-state index in [1.165, 1.54) is 13.3 Å². The lowest BCUT2D eigenvalue weighted by molar-refractivity contribution is 0.0950. The van der Waals surface area contributed by atoms with Gasteiger partial charge in [-0.25, -0.2) is 10.1 Å². The van der Waals surface area contributed by atoms with Crippen molar-refractivity contribution in [3.8, 4) is 5.75 Å². The molecule has 0 aliphatic carbocycles. The molecule has 0 unspecified atom stereocenters. The second-order valence-corrected chi connectivity index (χ2v) is 6.29. The SMILES string of the molecule is CCCCOc1ccc(/C=N\NC(=O)c2nn(C)c(=O)c3ccccc23)cc1. The van der Waals surface area contributed by atoms with Crippen LogP contribution < -0.4 is 15.7 Å². The van der Waals surface area contributed by atoms with Gasteiger partial charge in [-0.1, -0.05) is 31.5 Å². The number of benzene rings is 2. The topological polar surface area (TPSA) is 85.6 Å². The molecule has 1 aromatic heterocycles. The van der Waals surface area contributed by atoms with Gasteiger partial charge < -0.3 is 4.74 Å². The molecule has 0 spiro atoms. The van der Waals surface area contributed by atoms with Gasteiger partial charge in [-0.05, 0) is 42.3 Å². The third-order valence-corrected chi connectivity index (χ3v) is 4.20. The molecule has 0 fully saturated rings. The molecule has 0 atom stereocenters. The number of rotatable bonds is 7. The number of hydrogen-bond donors (Lipinski definition) is 1. The summed E-state index contributed by atoms with van der Waals surface area (Å²) in [5.74, 6) is 0.318. The Bertz CT molecular complexity index is 1060. The number of nitrogens with one attached hydrogen (secondary N) is 1. The van der Waals surface area contributed by atoms with Gasteiger partial charge in [0, 0.05) is 12.4 Å². The molecule has 7 heteroatoms. The molecule has 28 heavy (non-hydrogen) atoms. The number of carbonyl (C=O) groups excluding carboxylic acids is 1. The number of ether oxygens (including phenoxy) is 1. The van der Waals surface area contributed by atoms with Crippen molar-refractivity contribution >= 4 is 22.9 Å². The lowest BCUT2D eigenvalue weighted by atomic mass is 10.1. The van der Waals surface area contributed by atoms with Gasteiger partial charge >= 0.3 is 0 Å². The molecule has 2 aromatic carbocycles. The second-order valence-electron chi connectivity index (χ2n) is 6.29. The van der Waals surface area contributed by atoms with Crippen LogP contribution in [0.4, 0.5) is 0 Å². The summed E-state index contributed by atoms with van der Waals surface area (Å²) >= 11 is 0. The largest absolute Gasteiger partial charge is 0.494 e. The molecule has 0 bridgehead atoms. The van der Waals surface area contributed by atoms with Crippen LogP contribution >= 0.6 is 0 Å². The van der Waals surface area contributed by atoms with Crippen molar-refractivity contribution in [1.29, 1.82) is 0 Å². The Morgan fingerprint density at radius 2 is 1.89 bits per heavy atom. The minimum absolute atomic E-state index is 0.148. The lowest BCUT2D eigenvalue weighted by Gasteiger charge is -2.06. The van der Waals surface area contributed by atoms with Gasteiger partial charge in [-0.2, -0.15) is 10.2 Å². The van der Waals surface area contributed by atoms with Crippen LogP contribution in [0.3, 0.4) is 0 Å². The number of nitrogens with zero attached hydrogens (tertiary/aromatic N) is 3. The highest BCUT2D eigenvalue weighted by Gasteiger charge is 2.14. The number of aryl methyl sites for hydroxylation is 1. The van der Waals surface area contributed by atoms with Gasteiger partial charge in [0.25, 0.3) is 11.5 Å². The van der Waals surface area contributed by atoms with Crippen LogP contribution in [0.25, 0.3) is 10.8 Å². The van der Waals surface area contributed by atoms with Gasteiger partial charge in [-0.3, -0.25) is 9.59 Å². The summed E-state index contributed by atoms with van der Waals surface area (Å²) in [6.45, 7) is 2.81. The van der Waals surface area contributed by atoms with E-state index in [0.29, 0.717) is 17.4 Å². The normalized spacial score (nSPS) is 11.1. The highest BCUT2D eigenvalue weighted by Crippen LogP contribution is 2.13. The molecular formula is C21H22N4O3. The van der Waals surface area contributed by atoms with Crippen molar-refractivity contribution in [1.82, 2.24) is 15.2 Å². The molecule has 0 saturated heterocycles. The monoisotopic (exact) mass is 378 g/mol. The molecule has 3 aromatic rings. The molecular weight excluding hydrogens is 356 g/mol. The molecule has 144 valence electrons. The molecule has 0 aliphatic heterocycles. The zero-order chi connectivity index (χ0) is 19.9. The minimum atomic E-state index is -0.484. The van der Waals surface area contributed by atoms with Crippen LogP contribution in [-0.2, 0) is 7.05 Å². The summed E-state index contributed by atoms with van der Waals surface area (Å²) in [4.78, 5) is 24.6. The summed E-state index contributed by atoms with van der Waals surface area (Å²) in [6.07, 6.45) is 3.64. The van der Waals surface area contributed by atoms with Gasteiger partial charge in [-0.15, -0.1) is 0 Å². The van der Waals surface area contributed by atoms with E-state index in [9.17, 15) is 9.59 Å². The fraction of sp³-hybridized carbons (Fsp3) is 0.238. The zero-order valence-electron chi connectivity index (χ0n) is 15.9. The quantitative estimate of drug-likeness (QED) is 0.389. The zero-order valence-corrected chi connectivity index (χ0v) is 15.9. The van der Waals surface area contributed by atoms with Crippen molar-refractivity contribution < 1.29 is 9.53 Å². The fourth-order valence-electron chi connectivity index (χ4n) is 2.67. The minimum Gasteiger partial charge on any atom is -0.494 e. The van der Waals surface area contributed by atoms with Gasteiger partial charge in [0.2, 0.25) is 0 Å². The first-order chi connectivity index (χ1) is 13.6. The summed E-state index contributed by atoms with van der Waals surface area (Å²) < 4.78 is 6.76. The average molecular weight is 378 g/mol. The van der Waals surface area contributed by atoms with E-state index in [2.05, 4.69) is 22.5 Å². The molecule has 1 heterocycles. The fourth-order valence-corrected chi connectivity index (χ4v) is 2.67. The van der Waals surface area contributed by atoms with Crippen LogP contribution in [0.5, 0.6) is 5.75 Å². The predicted molar refractivity (Wildman–Crippen MR) is 109 cm³/mol. The number of unbranched alkanes of at least 4 members (excludes halogenated alkanes) is 1. The van der Waals surface area contributed by atoms with Crippen molar-refractivity contribution in [2.24, 2.45) is 12.1 Å². The Morgan fingerprint density at radius 1 is 1.18 bits per heavy atom. The second kappa shape index (κ2) is 8.94. The number of carbonyl (C=O) groups is 1. The van der Waals surface area contributed by atoms with Gasteiger partial charge in [0.1, 0.15) is 5.75 Å². The van der Waals surface area contributed by atoms with Gasteiger partial charge in [0.15, 0.2) is 5.69 Å². The van der Waals surface area contributed by atoms with E-state index in [0.717, 1.165) is 28.8 Å². The number of aromatic nitrogens is 2. The first-order valence-electron chi connectivity index (χ1n) is 9.12. The standard InChI is InChI=1S/C21H22N4O3/c1-3-4-13-28-16-11-9-15(10-12-16)14-22-23-20(26)19-17-7-5-6-8-18(17)21(27)25(2)24-19/h5-12,14H,3-4,13H2,1-2H3,(H,23,26)/b22-14-. The van der Waals surface area contributed by atoms with E-state index in [1.54, 1.807) is 24.3 Å². The van der Waals surface area contributed by atoms with Crippen LogP contribution in [0.2, 0.25) is 0 Å². The van der Waals surface area contributed by atoms with Gasteiger partial charge in [0.05, 0.1) is 18.2 Å². The summed E-state index contributed by atoms with van der Waals surface area (Å²) in [6, 6.07) is 14.3. The van der Waals surface area contributed by atoms with Crippen LogP contribution in [-0.4, -0.2) is 28.5 Å². The number of amides is 1. The van der Waals surface area contributed by atoms with E-state index in [1.807, 2.05) is 24.3 Å². The summed E-state index contributed by atoms with van der Waals surface area (Å²) in [5, 5.41) is 8.99. The maximum Gasteiger partial charge on any atom is 0.292 e. The smallest absolute Gasteiger partial charge is 0.292 e. The maximum atomic E-state index is 12.5.